The van der Waals surface area contributed by atoms with E-state index in [1.54, 1.807) is 23.5 Å². The molecule has 1 N–H and O–H groups in total. The molecule has 0 bridgehead atoms. The molecule has 0 saturated heterocycles. The molecule has 0 aliphatic rings. The van der Waals surface area contributed by atoms with E-state index in [1.807, 2.05) is 12.4 Å². The summed E-state index contributed by atoms with van der Waals surface area (Å²) in [6.45, 7) is 1.34. The number of hydrogen-bond acceptors (Lipinski definition) is 4. The maximum Gasteiger partial charge on any atom is 0.354 e. The fourth-order valence-corrected chi connectivity index (χ4v) is 3.34. The van der Waals surface area contributed by atoms with Gasteiger partial charge in [-0.1, -0.05) is 6.07 Å². The van der Waals surface area contributed by atoms with Crippen molar-refractivity contribution < 1.29 is 9.90 Å². The quantitative estimate of drug-likeness (QED) is 0.907. The summed E-state index contributed by atoms with van der Waals surface area (Å²) in [6, 6.07) is 5.64. The fourth-order valence-electron chi connectivity index (χ4n) is 1.81. The topological polar surface area (TPSA) is 53.4 Å². The second-order valence-electron chi connectivity index (χ2n) is 4.22. The van der Waals surface area contributed by atoms with Crippen molar-refractivity contribution in [1.82, 2.24) is 9.88 Å². The number of hydrogen-bond donors (Lipinski definition) is 1. The van der Waals surface area contributed by atoms with Gasteiger partial charge in [-0.15, -0.1) is 11.3 Å². The minimum Gasteiger partial charge on any atom is -0.477 e. The normalized spacial score (nSPS) is 10.9. The molecule has 2 aromatic rings. The maximum absolute atomic E-state index is 11.1. The van der Waals surface area contributed by atoms with E-state index < -0.39 is 5.97 Å². The Morgan fingerprint density at radius 2 is 2.32 bits per heavy atom. The molecule has 0 aromatic carbocycles. The number of carbonyl (C=O) groups is 1. The van der Waals surface area contributed by atoms with Gasteiger partial charge in [0.1, 0.15) is 0 Å². The van der Waals surface area contributed by atoms with Gasteiger partial charge < -0.3 is 5.11 Å². The van der Waals surface area contributed by atoms with E-state index in [1.165, 1.54) is 11.1 Å². The summed E-state index contributed by atoms with van der Waals surface area (Å²) in [5.74, 6) is -0.983. The van der Waals surface area contributed by atoms with Gasteiger partial charge in [0.2, 0.25) is 0 Å². The van der Waals surface area contributed by atoms with E-state index in [-0.39, 0.29) is 5.69 Å². The zero-order chi connectivity index (χ0) is 13.8. The zero-order valence-electron chi connectivity index (χ0n) is 10.3. The average Bonchev–Trinajstić information content (AvgIpc) is 2.75. The van der Waals surface area contributed by atoms with Crippen molar-refractivity contribution in [2.24, 2.45) is 0 Å². The van der Waals surface area contributed by atoms with Crippen LogP contribution >= 0.6 is 27.3 Å². The highest BCUT2D eigenvalue weighted by Gasteiger charge is 2.13. The van der Waals surface area contributed by atoms with Crippen molar-refractivity contribution in [2.75, 3.05) is 7.05 Å². The third kappa shape index (κ3) is 3.86. The highest BCUT2D eigenvalue weighted by molar-refractivity contribution is 9.10. The van der Waals surface area contributed by atoms with Crippen LogP contribution in [0.3, 0.4) is 0 Å². The summed E-state index contributed by atoms with van der Waals surface area (Å²) < 4.78 is 1.08. The van der Waals surface area contributed by atoms with Crippen LogP contribution in [0.5, 0.6) is 0 Å². The van der Waals surface area contributed by atoms with Crippen LogP contribution in [-0.4, -0.2) is 28.0 Å². The predicted octanol–water partition coefficient (Wildman–Crippen LogP) is 3.24. The molecule has 2 rings (SSSR count). The van der Waals surface area contributed by atoms with Gasteiger partial charge in [0.15, 0.2) is 5.69 Å². The predicted molar refractivity (Wildman–Crippen MR) is 78.4 cm³/mol. The number of aromatic nitrogens is 1. The summed E-state index contributed by atoms with van der Waals surface area (Å²) in [5.41, 5.74) is 0.856. The summed E-state index contributed by atoms with van der Waals surface area (Å²) in [6.07, 6.45) is 1.50. The van der Waals surface area contributed by atoms with Crippen LogP contribution < -0.4 is 0 Å². The molecule has 6 heteroatoms. The number of carboxylic acid groups (broad SMARTS) is 1. The minimum atomic E-state index is -0.983. The lowest BCUT2D eigenvalue weighted by atomic mass is 10.2. The van der Waals surface area contributed by atoms with Gasteiger partial charge in [0, 0.05) is 34.0 Å². The molecule has 4 nitrogen and oxygen atoms in total. The van der Waals surface area contributed by atoms with Crippen molar-refractivity contribution in [3.05, 3.63) is 50.4 Å². The van der Waals surface area contributed by atoms with E-state index in [0.29, 0.717) is 6.54 Å². The number of aromatic carboxylic acids is 1. The Bertz CT molecular complexity index is 586. The minimum absolute atomic E-state index is 0.127. The molecule has 0 atom stereocenters. The Hall–Kier alpha value is -1.24. The second-order valence-corrected chi connectivity index (χ2v) is 6.13. The molecule has 19 heavy (non-hydrogen) atoms. The number of carboxylic acids is 1. The summed E-state index contributed by atoms with van der Waals surface area (Å²) in [4.78, 5) is 18.3. The SMILES string of the molecule is CN(Cc1cc(Br)cs1)Cc1cccnc1C(=O)O. The van der Waals surface area contributed by atoms with E-state index in [0.717, 1.165) is 16.6 Å². The second kappa shape index (κ2) is 6.27. The Kier molecular flexibility index (Phi) is 4.68. The van der Waals surface area contributed by atoms with E-state index in [2.05, 4.69) is 31.9 Å². The molecule has 0 saturated carbocycles. The molecule has 0 spiro atoms. The van der Waals surface area contributed by atoms with Gasteiger partial charge in [-0.3, -0.25) is 4.90 Å². The first-order valence-electron chi connectivity index (χ1n) is 5.65. The van der Waals surface area contributed by atoms with Crippen LogP contribution in [0.4, 0.5) is 0 Å². The van der Waals surface area contributed by atoms with Crippen molar-refractivity contribution in [3.63, 3.8) is 0 Å². The number of pyridine rings is 1. The number of halogens is 1. The third-order valence-electron chi connectivity index (χ3n) is 2.58. The first-order chi connectivity index (χ1) is 9.06. The number of nitrogens with zero attached hydrogens (tertiary/aromatic N) is 2. The van der Waals surface area contributed by atoms with Crippen LogP contribution in [0.15, 0.2) is 34.2 Å². The fraction of sp³-hybridized carbons (Fsp3) is 0.231. The molecule has 2 aromatic heterocycles. The van der Waals surface area contributed by atoms with E-state index in [4.69, 9.17) is 5.11 Å². The summed E-state index contributed by atoms with van der Waals surface area (Å²) in [5, 5.41) is 11.1. The molecule has 2 heterocycles. The number of thiophene rings is 1. The number of rotatable bonds is 5. The molecule has 0 fully saturated rings. The van der Waals surface area contributed by atoms with Gasteiger partial charge in [-0.2, -0.15) is 0 Å². The van der Waals surface area contributed by atoms with Gasteiger partial charge in [0.05, 0.1) is 0 Å². The summed E-state index contributed by atoms with van der Waals surface area (Å²) >= 11 is 5.10. The summed E-state index contributed by atoms with van der Waals surface area (Å²) in [7, 11) is 1.96. The third-order valence-corrected chi connectivity index (χ3v) is 4.26. The monoisotopic (exact) mass is 340 g/mol. The molecule has 0 unspecified atom stereocenters. The Morgan fingerprint density at radius 3 is 2.95 bits per heavy atom. The molecule has 0 aliphatic carbocycles. The Balaban J connectivity index is 2.06. The van der Waals surface area contributed by atoms with Crippen LogP contribution in [0.2, 0.25) is 0 Å². The molecule has 100 valence electrons. The maximum atomic E-state index is 11.1. The Labute approximate surface area is 123 Å². The Morgan fingerprint density at radius 1 is 1.53 bits per heavy atom. The van der Waals surface area contributed by atoms with Crippen molar-refractivity contribution in [2.45, 2.75) is 13.1 Å². The lowest BCUT2D eigenvalue weighted by molar-refractivity contribution is 0.0688. The molecular formula is C13H13BrN2O2S. The molecule has 0 radical (unpaired) electrons. The lowest BCUT2D eigenvalue weighted by Crippen LogP contribution is -2.19. The average molecular weight is 341 g/mol. The first-order valence-corrected chi connectivity index (χ1v) is 7.32. The van der Waals surface area contributed by atoms with Crippen molar-refractivity contribution in [3.8, 4) is 0 Å². The molecule has 0 amide bonds. The van der Waals surface area contributed by atoms with Crippen molar-refractivity contribution >= 4 is 33.2 Å². The van der Waals surface area contributed by atoms with Crippen LogP contribution in [0.1, 0.15) is 20.9 Å². The molecule has 0 aliphatic heterocycles. The van der Waals surface area contributed by atoms with E-state index in [9.17, 15) is 4.79 Å². The van der Waals surface area contributed by atoms with E-state index >= 15 is 0 Å². The van der Waals surface area contributed by atoms with Crippen molar-refractivity contribution in [1.29, 1.82) is 0 Å². The highest BCUT2D eigenvalue weighted by Crippen LogP contribution is 2.21. The standard InChI is InChI=1S/C13H13BrN2O2S/c1-16(7-11-5-10(14)8-19-11)6-9-3-2-4-15-12(9)13(17)18/h2-5,8H,6-7H2,1H3,(H,17,18). The molecular weight excluding hydrogens is 328 g/mol. The van der Waals surface area contributed by atoms with Gasteiger partial charge in [0.25, 0.3) is 0 Å². The zero-order valence-corrected chi connectivity index (χ0v) is 12.7. The first kappa shape index (κ1) is 14.2. The van der Waals surface area contributed by atoms with Crippen LogP contribution in [0.25, 0.3) is 0 Å². The lowest BCUT2D eigenvalue weighted by Gasteiger charge is -2.16. The van der Waals surface area contributed by atoms with Gasteiger partial charge >= 0.3 is 5.97 Å². The van der Waals surface area contributed by atoms with Gasteiger partial charge in [-0.05, 0) is 40.7 Å². The van der Waals surface area contributed by atoms with Crippen LogP contribution in [0, 0.1) is 0 Å². The smallest absolute Gasteiger partial charge is 0.354 e. The highest BCUT2D eigenvalue weighted by atomic mass is 79.9. The van der Waals surface area contributed by atoms with Gasteiger partial charge in [-0.25, -0.2) is 9.78 Å². The van der Waals surface area contributed by atoms with Crippen LogP contribution in [-0.2, 0) is 13.1 Å². The largest absolute Gasteiger partial charge is 0.477 e.